The number of hydrogen-bond donors (Lipinski definition) is 3. The van der Waals surface area contributed by atoms with Crippen LogP contribution in [0.15, 0.2) is 28.7 Å². The minimum atomic E-state index is -0.626. The molecule has 27 heavy (non-hydrogen) atoms. The van der Waals surface area contributed by atoms with Gasteiger partial charge in [0.1, 0.15) is 12.7 Å². The number of fused-ring (bicyclic) bond motifs is 1. The molecule has 2 aromatic rings. The number of likely N-dealkylation sites (tertiary alicyclic amines) is 1. The molecule has 2 aliphatic heterocycles. The van der Waals surface area contributed by atoms with Gasteiger partial charge in [0.05, 0.1) is 6.04 Å². The summed E-state index contributed by atoms with van der Waals surface area (Å²) in [7, 11) is 0. The third kappa shape index (κ3) is 4.00. The van der Waals surface area contributed by atoms with Crippen LogP contribution in [0.4, 0.5) is 6.01 Å². The van der Waals surface area contributed by atoms with Crippen LogP contribution in [0.3, 0.4) is 0 Å². The molecule has 3 unspecified atom stereocenters. The van der Waals surface area contributed by atoms with Crippen LogP contribution in [-0.2, 0) is 0 Å². The van der Waals surface area contributed by atoms with Crippen molar-refractivity contribution in [1.29, 1.82) is 0 Å². The summed E-state index contributed by atoms with van der Waals surface area (Å²) in [6.07, 6.45) is 0.780. The fourth-order valence-electron chi connectivity index (χ4n) is 3.69. The molecule has 0 bridgehead atoms. The molecule has 0 saturated carbocycles. The van der Waals surface area contributed by atoms with Crippen molar-refractivity contribution in [3.63, 3.8) is 0 Å². The number of benzene rings is 1. The molecule has 0 spiro atoms. The van der Waals surface area contributed by atoms with Gasteiger partial charge in [-0.1, -0.05) is 17.2 Å². The third-order valence-electron chi connectivity index (χ3n) is 5.29. The highest BCUT2D eigenvalue weighted by molar-refractivity contribution is 5.40. The van der Waals surface area contributed by atoms with Gasteiger partial charge in [0.2, 0.25) is 5.89 Å². The minimum Gasteiger partial charge on any atom is -0.486 e. The fraction of sp³-hybridized carbons (Fsp3) is 0.556. The van der Waals surface area contributed by atoms with Crippen LogP contribution >= 0.6 is 0 Å². The Bertz CT molecular complexity index is 762. The van der Waals surface area contributed by atoms with Crippen molar-refractivity contribution in [1.82, 2.24) is 15.1 Å². The van der Waals surface area contributed by atoms with Crippen molar-refractivity contribution in [2.75, 3.05) is 32.0 Å². The van der Waals surface area contributed by atoms with Gasteiger partial charge in [-0.2, -0.15) is 0 Å². The Morgan fingerprint density at radius 1 is 1.19 bits per heavy atom. The highest BCUT2D eigenvalue weighted by Crippen LogP contribution is 2.32. The molecule has 1 aromatic carbocycles. The first kappa shape index (κ1) is 18.0. The molecule has 0 amide bonds. The van der Waals surface area contributed by atoms with E-state index in [-0.39, 0.29) is 24.1 Å². The molecule has 2 aliphatic rings. The Kier molecular flexibility index (Phi) is 5.15. The molecule has 1 saturated heterocycles. The number of aliphatic hydroxyl groups is 1. The van der Waals surface area contributed by atoms with Gasteiger partial charge in [0.15, 0.2) is 17.6 Å². The monoisotopic (exact) mass is 375 g/mol. The van der Waals surface area contributed by atoms with E-state index in [1.165, 1.54) is 0 Å². The zero-order chi connectivity index (χ0) is 18.8. The molecular weight excluding hydrogens is 350 g/mol. The van der Waals surface area contributed by atoms with Crippen molar-refractivity contribution in [3.05, 3.63) is 30.2 Å². The van der Waals surface area contributed by atoms with Gasteiger partial charge < -0.3 is 35.4 Å². The molecule has 5 N–H and O–H groups in total. The van der Waals surface area contributed by atoms with E-state index in [0.717, 1.165) is 31.7 Å². The summed E-state index contributed by atoms with van der Waals surface area (Å²) in [5.74, 6) is 2.03. The molecule has 4 rings (SSSR count). The molecule has 1 fully saturated rings. The van der Waals surface area contributed by atoms with E-state index in [1.54, 1.807) is 0 Å². The Hall–Kier alpha value is -2.36. The molecule has 1 aromatic heterocycles. The van der Waals surface area contributed by atoms with E-state index in [4.69, 9.17) is 25.4 Å². The van der Waals surface area contributed by atoms with Gasteiger partial charge in [0.25, 0.3) is 0 Å². The van der Waals surface area contributed by atoms with Crippen LogP contribution in [0.25, 0.3) is 0 Å². The number of aromatic nitrogens is 2. The van der Waals surface area contributed by atoms with Gasteiger partial charge in [-0.3, -0.25) is 0 Å². The molecule has 3 atom stereocenters. The molecule has 0 radical (unpaired) electrons. The van der Waals surface area contributed by atoms with E-state index in [2.05, 4.69) is 15.1 Å². The maximum absolute atomic E-state index is 10.6. The second-order valence-corrected chi connectivity index (χ2v) is 7.12. The Labute approximate surface area is 157 Å². The number of nitrogen functional groups attached to an aromatic ring is 1. The van der Waals surface area contributed by atoms with Crippen molar-refractivity contribution < 1.29 is 19.0 Å². The second-order valence-electron chi connectivity index (χ2n) is 7.12. The fourth-order valence-corrected chi connectivity index (χ4v) is 3.69. The third-order valence-corrected chi connectivity index (χ3v) is 5.29. The predicted octanol–water partition coefficient (Wildman–Crippen LogP) is 0.564. The first-order valence-corrected chi connectivity index (χ1v) is 9.23. The number of aliphatic hydroxyl groups excluding tert-OH is 1. The number of ether oxygens (including phenoxy) is 2. The number of piperidine rings is 1. The van der Waals surface area contributed by atoms with Crippen LogP contribution in [0.1, 0.15) is 24.8 Å². The maximum Gasteiger partial charge on any atom is 0.312 e. The topological polar surface area (TPSA) is 133 Å². The molecule has 0 aliphatic carbocycles. The summed E-state index contributed by atoms with van der Waals surface area (Å²) in [6.45, 7) is 2.55. The zero-order valence-corrected chi connectivity index (χ0v) is 15.0. The Morgan fingerprint density at radius 2 is 1.93 bits per heavy atom. The van der Waals surface area contributed by atoms with E-state index in [1.807, 2.05) is 24.3 Å². The van der Waals surface area contributed by atoms with Gasteiger partial charge in [-0.05, 0) is 44.0 Å². The summed E-state index contributed by atoms with van der Waals surface area (Å²) in [5.41, 5.74) is 11.7. The number of anilines is 1. The highest BCUT2D eigenvalue weighted by Gasteiger charge is 2.32. The average molecular weight is 375 g/mol. The van der Waals surface area contributed by atoms with E-state index >= 15 is 0 Å². The smallest absolute Gasteiger partial charge is 0.312 e. The number of nitrogens with two attached hydrogens (primary N) is 2. The van der Waals surface area contributed by atoms with E-state index < -0.39 is 6.10 Å². The van der Waals surface area contributed by atoms with Crippen LogP contribution in [0, 0.1) is 5.92 Å². The van der Waals surface area contributed by atoms with Crippen LogP contribution < -0.4 is 20.9 Å². The normalized spacial score (nSPS) is 23.1. The predicted molar refractivity (Wildman–Crippen MR) is 97.2 cm³/mol. The van der Waals surface area contributed by atoms with E-state index in [9.17, 15) is 5.11 Å². The van der Waals surface area contributed by atoms with Gasteiger partial charge in [-0.25, -0.2) is 0 Å². The Morgan fingerprint density at radius 3 is 2.63 bits per heavy atom. The lowest BCUT2D eigenvalue weighted by atomic mass is 9.89. The summed E-state index contributed by atoms with van der Waals surface area (Å²) in [4.78, 5) is 2.22. The quantitative estimate of drug-likeness (QED) is 0.685. The number of nitrogens with zero attached hydrogens (tertiary/aromatic N) is 3. The summed E-state index contributed by atoms with van der Waals surface area (Å²) < 4.78 is 16.8. The standard InChI is InChI=1S/C18H25N5O4/c19-16(17-21-22-18(20)27-17)11-5-7-23(8-6-11)9-12(24)15-10-25-13-3-1-2-4-14(13)26-15/h1-4,11-12,15-16,24H,5-10,19H2,(H2,20,22). The van der Waals surface area contributed by atoms with Gasteiger partial charge in [-0.15, -0.1) is 5.10 Å². The number of β-amino-alcohol motifs (C(OH)–C–C–N with tert-alkyl or cyclic N) is 1. The van der Waals surface area contributed by atoms with Crippen LogP contribution in [0.2, 0.25) is 0 Å². The molecule has 9 nitrogen and oxygen atoms in total. The van der Waals surface area contributed by atoms with Crippen molar-refractivity contribution in [2.24, 2.45) is 11.7 Å². The van der Waals surface area contributed by atoms with Crippen LogP contribution in [0.5, 0.6) is 11.5 Å². The summed E-state index contributed by atoms with van der Waals surface area (Å²) in [5, 5.41) is 18.1. The van der Waals surface area contributed by atoms with E-state index in [0.29, 0.717) is 24.8 Å². The summed E-state index contributed by atoms with van der Waals surface area (Å²) >= 11 is 0. The van der Waals surface area contributed by atoms with Gasteiger partial charge >= 0.3 is 6.01 Å². The number of hydrogen-bond acceptors (Lipinski definition) is 9. The van der Waals surface area contributed by atoms with Crippen LogP contribution in [-0.4, -0.2) is 58.7 Å². The number of rotatable bonds is 5. The summed E-state index contributed by atoms with van der Waals surface area (Å²) in [6, 6.07) is 7.23. The van der Waals surface area contributed by atoms with Crippen molar-refractivity contribution >= 4 is 6.01 Å². The second kappa shape index (κ2) is 7.71. The molecule has 146 valence electrons. The first-order valence-electron chi connectivity index (χ1n) is 9.23. The lowest BCUT2D eigenvalue weighted by Crippen LogP contribution is -2.48. The molecular formula is C18H25N5O4. The maximum atomic E-state index is 10.6. The number of para-hydroxylation sites is 2. The van der Waals surface area contributed by atoms with Crippen molar-refractivity contribution in [3.8, 4) is 11.5 Å². The lowest BCUT2D eigenvalue weighted by molar-refractivity contribution is -0.0298. The molecule has 9 heteroatoms. The SMILES string of the molecule is Nc1nnc(C(N)C2CCN(CC(O)C3COc4ccccc4O3)CC2)o1. The largest absolute Gasteiger partial charge is 0.486 e. The minimum absolute atomic E-state index is 0.0392. The highest BCUT2D eigenvalue weighted by atomic mass is 16.6. The van der Waals surface area contributed by atoms with Gasteiger partial charge in [0, 0.05) is 6.54 Å². The Balaban J connectivity index is 1.27. The first-order chi connectivity index (χ1) is 13.1. The van der Waals surface area contributed by atoms with Crippen molar-refractivity contribution in [2.45, 2.75) is 31.1 Å². The average Bonchev–Trinajstić information content (AvgIpc) is 3.14. The molecule has 3 heterocycles. The zero-order valence-electron chi connectivity index (χ0n) is 15.0. The lowest BCUT2D eigenvalue weighted by Gasteiger charge is -2.36.